The number of hydrogen-bond acceptors (Lipinski definition) is 5. The summed E-state index contributed by atoms with van der Waals surface area (Å²) >= 11 is 0. The van der Waals surface area contributed by atoms with E-state index in [2.05, 4.69) is 0 Å². The minimum absolute atomic E-state index is 0.0150. The van der Waals surface area contributed by atoms with Crippen LogP contribution in [0.1, 0.15) is 22.0 Å². The van der Waals surface area contributed by atoms with Crippen molar-refractivity contribution in [2.75, 3.05) is 0 Å². The molecule has 0 aromatic heterocycles. The van der Waals surface area contributed by atoms with Gasteiger partial charge in [0.15, 0.2) is 6.10 Å². The summed E-state index contributed by atoms with van der Waals surface area (Å²) in [6.45, 7) is 0. The normalized spacial score (nSPS) is 14.0. The molecular weight excluding hydrogens is 230 g/mol. The lowest BCUT2D eigenvalue weighted by Crippen LogP contribution is -2.33. The van der Waals surface area contributed by atoms with Crippen LogP contribution in [0.15, 0.2) is 18.2 Å². The van der Waals surface area contributed by atoms with E-state index in [-0.39, 0.29) is 11.1 Å². The van der Waals surface area contributed by atoms with Crippen molar-refractivity contribution in [2.45, 2.75) is 12.2 Å². The number of carbonyl (C=O) groups excluding carboxylic acids is 1. The highest BCUT2D eigenvalue weighted by Gasteiger charge is 2.24. The number of aromatic carboxylic acids is 1. The second-order valence-corrected chi connectivity index (χ2v) is 3.37. The second kappa shape index (κ2) is 4.81. The molecule has 2 atom stereocenters. The maximum Gasteiger partial charge on any atom is 0.339 e. The molecule has 0 bridgehead atoms. The van der Waals surface area contributed by atoms with Gasteiger partial charge in [0, 0.05) is 0 Å². The number of aliphatic hydroxyl groups is 2. The number of carboxylic acids is 1. The van der Waals surface area contributed by atoms with E-state index in [1.807, 2.05) is 0 Å². The van der Waals surface area contributed by atoms with Gasteiger partial charge >= 0.3 is 5.97 Å². The predicted octanol–water partition coefficient (Wildman–Crippen LogP) is -1.03. The Kier molecular flexibility index (Phi) is 3.66. The standard InChI is InChI=1S/C10H11NO6/c11-9(15)8(14)7(13)4-1-2-5(10(16)17)6(12)3-4/h1-3,7-8,12-14H,(H2,11,15)(H,16,17). The van der Waals surface area contributed by atoms with Crippen molar-refractivity contribution in [1.82, 2.24) is 0 Å². The van der Waals surface area contributed by atoms with Gasteiger partial charge in [-0.2, -0.15) is 0 Å². The summed E-state index contributed by atoms with van der Waals surface area (Å²) in [6, 6.07) is 3.16. The summed E-state index contributed by atoms with van der Waals surface area (Å²) < 4.78 is 0. The highest BCUT2D eigenvalue weighted by Crippen LogP contribution is 2.24. The number of aliphatic hydroxyl groups excluding tert-OH is 2. The molecule has 0 heterocycles. The summed E-state index contributed by atoms with van der Waals surface area (Å²) in [5.74, 6) is -3.04. The Balaban J connectivity index is 3.05. The molecule has 1 aromatic carbocycles. The van der Waals surface area contributed by atoms with E-state index in [4.69, 9.17) is 10.8 Å². The molecule has 0 saturated heterocycles. The van der Waals surface area contributed by atoms with E-state index < -0.39 is 29.8 Å². The first kappa shape index (κ1) is 12.9. The monoisotopic (exact) mass is 241 g/mol. The molecule has 0 aliphatic heterocycles. The van der Waals surface area contributed by atoms with Gasteiger partial charge in [-0.1, -0.05) is 6.07 Å². The average molecular weight is 241 g/mol. The molecule has 0 aliphatic carbocycles. The van der Waals surface area contributed by atoms with Gasteiger partial charge in [-0.3, -0.25) is 4.79 Å². The number of rotatable bonds is 4. The first-order chi connectivity index (χ1) is 7.84. The molecule has 7 nitrogen and oxygen atoms in total. The molecule has 1 aromatic rings. The molecule has 0 fully saturated rings. The van der Waals surface area contributed by atoms with Gasteiger partial charge in [0.1, 0.15) is 17.4 Å². The quantitative estimate of drug-likeness (QED) is 0.456. The Hall–Kier alpha value is -2.12. The van der Waals surface area contributed by atoms with Crippen LogP contribution in [-0.4, -0.2) is 38.4 Å². The van der Waals surface area contributed by atoms with Crippen molar-refractivity contribution >= 4 is 11.9 Å². The van der Waals surface area contributed by atoms with Crippen molar-refractivity contribution in [2.24, 2.45) is 5.73 Å². The third kappa shape index (κ3) is 2.71. The number of phenols is 1. The molecule has 1 rings (SSSR count). The summed E-state index contributed by atoms with van der Waals surface area (Å²) in [4.78, 5) is 21.2. The van der Waals surface area contributed by atoms with Crippen molar-refractivity contribution in [3.8, 4) is 5.75 Å². The van der Waals surface area contributed by atoms with Crippen LogP contribution in [0.3, 0.4) is 0 Å². The number of benzene rings is 1. The SMILES string of the molecule is NC(=O)C(O)C(O)c1ccc(C(=O)O)c(O)c1. The summed E-state index contributed by atoms with van der Waals surface area (Å²) in [5.41, 5.74) is 4.42. The van der Waals surface area contributed by atoms with Gasteiger partial charge in [0.2, 0.25) is 5.91 Å². The molecule has 7 heteroatoms. The van der Waals surface area contributed by atoms with Gasteiger partial charge in [-0.25, -0.2) is 4.79 Å². The van der Waals surface area contributed by atoms with Crippen molar-refractivity contribution in [1.29, 1.82) is 0 Å². The molecule has 0 aliphatic rings. The number of carbonyl (C=O) groups is 2. The van der Waals surface area contributed by atoms with Gasteiger partial charge in [-0.15, -0.1) is 0 Å². The largest absolute Gasteiger partial charge is 0.507 e. The molecule has 0 radical (unpaired) electrons. The van der Waals surface area contributed by atoms with E-state index >= 15 is 0 Å². The van der Waals surface area contributed by atoms with E-state index in [0.717, 1.165) is 12.1 Å². The van der Waals surface area contributed by atoms with Crippen molar-refractivity contribution in [3.05, 3.63) is 29.3 Å². The number of carboxylic acid groups (broad SMARTS) is 1. The van der Waals surface area contributed by atoms with Crippen LogP contribution in [0, 0.1) is 0 Å². The number of primary amides is 1. The number of nitrogens with two attached hydrogens (primary N) is 1. The lowest BCUT2D eigenvalue weighted by Gasteiger charge is -2.15. The Morgan fingerprint density at radius 1 is 1.24 bits per heavy atom. The summed E-state index contributed by atoms with van der Waals surface area (Å²) in [6.07, 6.45) is -3.45. The molecule has 6 N–H and O–H groups in total. The molecule has 0 saturated carbocycles. The van der Waals surface area contributed by atoms with Crippen molar-refractivity contribution in [3.63, 3.8) is 0 Å². The molecule has 1 amide bonds. The van der Waals surface area contributed by atoms with Gasteiger partial charge in [0.05, 0.1) is 0 Å². The molecule has 0 spiro atoms. The van der Waals surface area contributed by atoms with E-state index in [1.165, 1.54) is 6.07 Å². The Labute approximate surface area is 95.7 Å². The topological polar surface area (TPSA) is 141 Å². The molecule has 92 valence electrons. The van der Waals surface area contributed by atoms with Crippen LogP contribution >= 0.6 is 0 Å². The zero-order valence-corrected chi connectivity index (χ0v) is 8.57. The minimum Gasteiger partial charge on any atom is -0.507 e. The summed E-state index contributed by atoms with van der Waals surface area (Å²) in [7, 11) is 0. The van der Waals surface area contributed by atoms with E-state index in [1.54, 1.807) is 0 Å². The van der Waals surface area contributed by atoms with Crippen LogP contribution in [0.2, 0.25) is 0 Å². The average Bonchev–Trinajstić information content (AvgIpc) is 2.26. The van der Waals surface area contributed by atoms with E-state index in [9.17, 15) is 24.9 Å². The lowest BCUT2D eigenvalue weighted by atomic mass is 10.0. The van der Waals surface area contributed by atoms with Gasteiger partial charge in [-0.05, 0) is 17.7 Å². The summed E-state index contributed by atoms with van der Waals surface area (Å²) in [5, 5.41) is 36.7. The van der Waals surface area contributed by atoms with Crippen LogP contribution in [0.25, 0.3) is 0 Å². The molecular formula is C10H11NO6. The molecule has 17 heavy (non-hydrogen) atoms. The highest BCUT2D eigenvalue weighted by molar-refractivity contribution is 5.90. The van der Waals surface area contributed by atoms with Crippen molar-refractivity contribution < 1.29 is 30.0 Å². The number of aromatic hydroxyl groups is 1. The number of amides is 1. The van der Waals surface area contributed by atoms with E-state index in [0.29, 0.717) is 0 Å². The lowest BCUT2D eigenvalue weighted by molar-refractivity contribution is -0.132. The Bertz CT molecular complexity index is 458. The fourth-order valence-electron chi connectivity index (χ4n) is 1.25. The van der Waals surface area contributed by atoms with Crippen LogP contribution in [-0.2, 0) is 4.79 Å². The predicted molar refractivity (Wildman–Crippen MR) is 55.2 cm³/mol. The maximum atomic E-state index is 10.6. The minimum atomic E-state index is -1.83. The van der Waals surface area contributed by atoms with Gasteiger partial charge < -0.3 is 26.2 Å². The van der Waals surface area contributed by atoms with Crippen LogP contribution < -0.4 is 5.73 Å². The van der Waals surface area contributed by atoms with Gasteiger partial charge in [0.25, 0.3) is 0 Å². The first-order valence-electron chi connectivity index (χ1n) is 4.56. The third-order valence-corrected chi connectivity index (χ3v) is 2.18. The zero-order valence-electron chi connectivity index (χ0n) is 8.57. The fourth-order valence-corrected chi connectivity index (χ4v) is 1.25. The fraction of sp³-hybridized carbons (Fsp3) is 0.200. The second-order valence-electron chi connectivity index (χ2n) is 3.37. The van der Waals surface area contributed by atoms with Crippen LogP contribution in [0.5, 0.6) is 5.75 Å². The smallest absolute Gasteiger partial charge is 0.339 e. The number of hydrogen-bond donors (Lipinski definition) is 5. The van der Waals surface area contributed by atoms with Crippen LogP contribution in [0.4, 0.5) is 0 Å². The Morgan fingerprint density at radius 2 is 1.82 bits per heavy atom. The zero-order chi connectivity index (χ0) is 13.2. The third-order valence-electron chi connectivity index (χ3n) is 2.18. The first-order valence-corrected chi connectivity index (χ1v) is 4.56. The Morgan fingerprint density at radius 3 is 2.24 bits per heavy atom. The molecule has 2 unspecified atom stereocenters. The maximum absolute atomic E-state index is 10.6. The highest BCUT2D eigenvalue weighted by atomic mass is 16.4.